The van der Waals surface area contributed by atoms with Gasteiger partial charge in [-0.1, -0.05) is 5.21 Å². The van der Waals surface area contributed by atoms with Gasteiger partial charge in [0.25, 0.3) is 0 Å². The average Bonchev–Trinajstić information content (AvgIpc) is 2.35. The summed E-state index contributed by atoms with van der Waals surface area (Å²) in [5.41, 5.74) is 6.62. The molecule has 68 valence electrons. The highest BCUT2D eigenvalue weighted by Crippen LogP contribution is 2.09. The Morgan fingerprint density at radius 3 is 3.00 bits per heavy atom. The highest BCUT2D eigenvalue weighted by molar-refractivity contribution is 7.98. The molecule has 2 N–H and O–H groups in total. The Morgan fingerprint density at radius 1 is 1.75 bits per heavy atom. The molecule has 4 nitrogen and oxygen atoms in total. The summed E-state index contributed by atoms with van der Waals surface area (Å²) in [7, 11) is 1.87. The van der Waals surface area contributed by atoms with E-state index in [9.17, 15) is 0 Å². The second kappa shape index (κ2) is 4.47. The van der Waals surface area contributed by atoms with Gasteiger partial charge in [0.05, 0.1) is 5.69 Å². The van der Waals surface area contributed by atoms with Crippen molar-refractivity contribution >= 4 is 11.8 Å². The minimum Gasteiger partial charge on any atom is -0.327 e. The van der Waals surface area contributed by atoms with Crippen LogP contribution in [0.5, 0.6) is 0 Å². The SMILES string of the molecule is CC(N)CSCc1cn(C)nn1. The quantitative estimate of drug-likeness (QED) is 0.739. The molecule has 1 rings (SSSR count). The van der Waals surface area contributed by atoms with Crippen molar-refractivity contribution in [1.29, 1.82) is 0 Å². The van der Waals surface area contributed by atoms with Crippen LogP contribution in [0.3, 0.4) is 0 Å². The van der Waals surface area contributed by atoms with Crippen molar-refractivity contribution in [3.63, 3.8) is 0 Å². The second-order valence-electron chi connectivity index (χ2n) is 2.88. The summed E-state index contributed by atoms with van der Waals surface area (Å²) in [6, 6.07) is 0.256. The van der Waals surface area contributed by atoms with Crippen LogP contribution in [-0.4, -0.2) is 26.8 Å². The van der Waals surface area contributed by atoms with E-state index in [1.54, 1.807) is 16.4 Å². The topological polar surface area (TPSA) is 56.7 Å². The standard InChI is InChI=1S/C7H14N4S/c1-6(8)4-12-5-7-3-11(2)10-9-7/h3,6H,4-5,8H2,1-2H3. The van der Waals surface area contributed by atoms with Crippen molar-refractivity contribution in [3.05, 3.63) is 11.9 Å². The van der Waals surface area contributed by atoms with Crippen LogP contribution in [0.15, 0.2) is 6.20 Å². The minimum absolute atomic E-state index is 0.256. The van der Waals surface area contributed by atoms with Gasteiger partial charge in [0, 0.05) is 30.8 Å². The maximum atomic E-state index is 5.60. The van der Waals surface area contributed by atoms with Crippen molar-refractivity contribution in [1.82, 2.24) is 15.0 Å². The van der Waals surface area contributed by atoms with Gasteiger partial charge in [-0.05, 0) is 6.92 Å². The van der Waals surface area contributed by atoms with Crippen LogP contribution in [0, 0.1) is 0 Å². The molecule has 0 bridgehead atoms. The van der Waals surface area contributed by atoms with Gasteiger partial charge in [-0.25, -0.2) is 0 Å². The van der Waals surface area contributed by atoms with E-state index in [4.69, 9.17) is 5.73 Å². The largest absolute Gasteiger partial charge is 0.327 e. The van der Waals surface area contributed by atoms with Gasteiger partial charge < -0.3 is 5.73 Å². The summed E-state index contributed by atoms with van der Waals surface area (Å²) in [6.45, 7) is 2.00. The second-order valence-corrected chi connectivity index (χ2v) is 3.91. The molecule has 0 spiro atoms. The smallest absolute Gasteiger partial charge is 0.0925 e. The third-order valence-corrected chi connectivity index (χ3v) is 2.54. The molecular formula is C7H14N4S. The first-order valence-corrected chi connectivity index (χ1v) is 5.02. The molecule has 1 heterocycles. The number of aromatic nitrogens is 3. The Labute approximate surface area is 76.5 Å². The number of nitrogens with two attached hydrogens (primary N) is 1. The molecule has 1 aromatic rings. The molecule has 0 saturated heterocycles. The molecule has 0 aliphatic heterocycles. The zero-order valence-corrected chi connectivity index (χ0v) is 8.21. The van der Waals surface area contributed by atoms with Crippen molar-refractivity contribution in [2.24, 2.45) is 12.8 Å². The van der Waals surface area contributed by atoms with Crippen molar-refractivity contribution < 1.29 is 0 Å². The number of rotatable bonds is 4. The van der Waals surface area contributed by atoms with E-state index in [1.165, 1.54) is 0 Å². The van der Waals surface area contributed by atoms with Gasteiger partial charge in [-0.15, -0.1) is 5.10 Å². The molecular weight excluding hydrogens is 172 g/mol. The molecule has 0 radical (unpaired) electrons. The Balaban J connectivity index is 2.24. The van der Waals surface area contributed by atoms with E-state index in [1.807, 2.05) is 20.2 Å². The summed E-state index contributed by atoms with van der Waals surface area (Å²) in [6.07, 6.45) is 1.92. The maximum Gasteiger partial charge on any atom is 0.0925 e. The lowest BCUT2D eigenvalue weighted by Crippen LogP contribution is -2.17. The van der Waals surface area contributed by atoms with Gasteiger partial charge >= 0.3 is 0 Å². The van der Waals surface area contributed by atoms with Crippen LogP contribution in [0.4, 0.5) is 0 Å². The molecule has 0 aliphatic carbocycles. The van der Waals surface area contributed by atoms with Gasteiger partial charge in [0.1, 0.15) is 0 Å². The number of aryl methyl sites for hydroxylation is 1. The number of hydrogen-bond acceptors (Lipinski definition) is 4. The molecule has 1 unspecified atom stereocenters. The van der Waals surface area contributed by atoms with E-state index in [0.717, 1.165) is 17.2 Å². The van der Waals surface area contributed by atoms with Crippen LogP contribution in [0.2, 0.25) is 0 Å². The number of nitrogens with zero attached hydrogens (tertiary/aromatic N) is 3. The van der Waals surface area contributed by atoms with Gasteiger partial charge in [0.2, 0.25) is 0 Å². The maximum absolute atomic E-state index is 5.60. The lowest BCUT2D eigenvalue weighted by atomic mass is 10.4. The first kappa shape index (κ1) is 9.54. The predicted molar refractivity (Wildman–Crippen MR) is 50.8 cm³/mol. The van der Waals surface area contributed by atoms with Crippen molar-refractivity contribution in [3.8, 4) is 0 Å². The van der Waals surface area contributed by atoms with Crippen LogP contribution < -0.4 is 5.73 Å². The zero-order chi connectivity index (χ0) is 8.97. The summed E-state index contributed by atoms with van der Waals surface area (Å²) < 4.78 is 1.71. The zero-order valence-electron chi connectivity index (χ0n) is 7.40. The van der Waals surface area contributed by atoms with E-state index < -0.39 is 0 Å². The van der Waals surface area contributed by atoms with Gasteiger partial charge in [0.15, 0.2) is 0 Å². The van der Waals surface area contributed by atoms with Crippen molar-refractivity contribution in [2.75, 3.05) is 5.75 Å². The highest BCUT2D eigenvalue weighted by atomic mass is 32.2. The van der Waals surface area contributed by atoms with Crippen molar-refractivity contribution in [2.45, 2.75) is 18.7 Å². The van der Waals surface area contributed by atoms with Crippen LogP contribution in [-0.2, 0) is 12.8 Å². The van der Waals surface area contributed by atoms with Crippen LogP contribution in [0.25, 0.3) is 0 Å². The summed E-state index contributed by atoms with van der Waals surface area (Å²) >= 11 is 1.79. The third kappa shape index (κ3) is 3.23. The molecule has 5 heteroatoms. The van der Waals surface area contributed by atoms with E-state index in [2.05, 4.69) is 10.3 Å². The fourth-order valence-corrected chi connectivity index (χ4v) is 1.64. The molecule has 0 aromatic carbocycles. The van der Waals surface area contributed by atoms with Crippen LogP contribution >= 0.6 is 11.8 Å². The molecule has 0 aliphatic rings. The molecule has 12 heavy (non-hydrogen) atoms. The molecule has 0 fully saturated rings. The Morgan fingerprint density at radius 2 is 2.50 bits per heavy atom. The van der Waals surface area contributed by atoms with Gasteiger partial charge in [-0.3, -0.25) is 4.68 Å². The molecule has 1 aromatic heterocycles. The fourth-order valence-electron chi connectivity index (χ4n) is 0.811. The highest BCUT2D eigenvalue weighted by Gasteiger charge is 1.99. The Bertz CT molecular complexity index is 233. The van der Waals surface area contributed by atoms with E-state index in [0.29, 0.717) is 0 Å². The summed E-state index contributed by atoms with van der Waals surface area (Å²) in [5.74, 6) is 1.87. The van der Waals surface area contributed by atoms with Gasteiger partial charge in [-0.2, -0.15) is 11.8 Å². The molecule has 0 saturated carbocycles. The van der Waals surface area contributed by atoms with E-state index >= 15 is 0 Å². The monoisotopic (exact) mass is 186 g/mol. The number of thioether (sulfide) groups is 1. The third-order valence-electron chi connectivity index (χ3n) is 1.28. The van der Waals surface area contributed by atoms with E-state index in [-0.39, 0.29) is 6.04 Å². The van der Waals surface area contributed by atoms with Crippen LogP contribution in [0.1, 0.15) is 12.6 Å². The number of hydrogen-bond donors (Lipinski definition) is 1. The Hall–Kier alpha value is -0.550. The first-order valence-electron chi connectivity index (χ1n) is 3.87. The normalized spacial score (nSPS) is 13.2. The summed E-state index contributed by atoms with van der Waals surface area (Å²) in [4.78, 5) is 0. The first-order chi connectivity index (χ1) is 5.68. The lowest BCUT2D eigenvalue weighted by molar-refractivity contribution is 0.714. The average molecular weight is 186 g/mol. The summed E-state index contributed by atoms with van der Waals surface area (Å²) in [5, 5.41) is 7.80. The Kier molecular flexibility index (Phi) is 3.55. The predicted octanol–water partition coefficient (Wildman–Crippen LogP) is 0.395. The molecule has 0 amide bonds. The lowest BCUT2D eigenvalue weighted by Gasteiger charge is -2.01. The minimum atomic E-state index is 0.256. The molecule has 1 atom stereocenters. The fraction of sp³-hybridized carbons (Fsp3) is 0.714.